The molecule has 1 N–H and O–H groups in total. The maximum absolute atomic E-state index is 3.78. The largest absolute Gasteiger partial charge is 0.306 e. The van der Waals surface area contributed by atoms with Crippen LogP contribution in [0.15, 0.2) is 27.1 Å². The molecule has 4 heteroatoms. The molecule has 1 saturated heterocycles. The van der Waals surface area contributed by atoms with Crippen LogP contribution < -0.4 is 5.32 Å². The number of nitrogens with zero attached hydrogens (tertiary/aromatic N) is 1. The highest BCUT2D eigenvalue weighted by atomic mass is 79.9. The molecule has 1 aliphatic carbocycles. The van der Waals surface area contributed by atoms with Gasteiger partial charge >= 0.3 is 0 Å². The molecule has 2 unspecified atom stereocenters. The molecule has 2 nitrogen and oxygen atoms in total. The number of hydrogen-bond donors (Lipinski definition) is 1. The predicted octanol–water partition coefficient (Wildman–Crippen LogP) is 4.10. The first kappa shape index (κ1) is 14.1. The van der Waals surface area contributed by atoms with Gasteiger partial charge in [0.05, 0.1) is 0 Å². The van der Waals surface area contributed by atoms with E-state index in [9.17, 15) is 0 Å². The molecule has 0 spiro atoms. The summed E-state index contributed by atoms with van der Waals surface area (Å²) < 4.78 is 2.30. The monoisotopic (exact) mass is 386 g/mol. The smallest absolute Gasteiger partial charge is 0.0306 e. The molecule has 1 saturated carbocycles. The van der Waals surface area contributed by atoms with Crippen molar-refractivity contribution in [3.8, 4) is 0 Å². The van der Waals surface area contributed by atoms with Crippen molar-refractivity contribution in [2.24, 2.45) is 0 Å². The van der Waals surface area contributed by atoms with Gasteiger partial charge in [-0.15, -0.1) is 0 Å². The first-order chi connectivity index (χ1) is 9.13. The van der Waals surface area contributed by atoms with Crippen molar-refractivity contribution < 1.29 is 0 Å². The van der Waals surface area contributed by atoms with E-state index in [2.05, 4.69) is 67.2 Å². The molecule has 2 atom stereocenters. The van der Waals surface area contributed by atoms with E-state index >= 15 is 0 Å². The van der Waals surface area contributed by atoms with E-state index in [1.807, 2.05) is 0 Å². The maximum atomic E-state index is 3.78. The molecule has 1 aromatic rings. The zero-order valence-corrected chi connectivity index (χ0v) is 14.4. The number of halogens is 2. The highest BCUT2D eigenvalue weighted by Gasteiger charge is 2.34. The molecule has 19 heavy (non-hydrogen) atoms. The molecule has 1 aliphatic heterocycles. The molecule has 104 valence electrons. The van der Waals surface area contributed by atoms with Crippen molar-refractivity contribution in [3.05, 3.63) is 32.7 Å². The Labute approximate surface area is 132 Å². The fourth-order valence-electron chi connectivity index (χ4n) is 2.99. The lowest BCUT2D eigenvalue weighted by molar-refractivity contribution is 0.313. The first-order valence-corrected chi connectivity index (χ1v) is 8.67. The van der Waals surface area contributed by atoms with Crippen LogP contribution in [0.25, 0.3) is 0 Å². The van der Waals surface area contributed by atoms with Gasteiger partial charge in [-0.25, -0.2) is 0 Å². The van der Waals surface area contributed by atoms with Gasteiger partial charge in [-0.2, -0.15) is 0 Å². The topological polar surface area (TPSA) is 15.3 Å². The van der Waals surface area contributed by atoms with E-state index in [4.69, 9.17) is 0 Å². The fourth-order valence-corrected chi connectivity index (χ4v) is 4.38. The lowest BCUT2D eigenvalue weighted by Crippen LogP contribution is -2.35. The summed E-state index contributed by atoms with van der Waals surface area (Å²) in [7, 11) is 0. The third-order valence-corrected chi connectivity index (χ3v) is 5.38. The average molecular weight is 388 g/mol. The van der Waals surface area contributed by atoms with Crippen LogP contribution in [0.1, 0.15) is 37.8 Å². The first-order valence-electron chi connectivity index (χ1n) is 7.08. The Morgan fingerprint density at radius 3 is 2.74 bits per heavy atom. The third kappa shape index (κ3) is 3.41. The molecule has 3 rings (SSSR count). The Balaban J connectivity index is 1.60. The van der Waals surface area contributed by atoms with Crippen molar-refractivity contribution in [1.82, 2.24) is 10.2 Å². The molecule has 1 aromatic carbocycles. The van der Waals surface area contributed by atoms with Gasteiger partial charge in [-0.05, 0) is 43.9 Å². The summed E-state index contributed by atoms with van der Waals surface area (Å²) in [6.07, 6.45) is 4.12. The standard InChI is InChI=1S/C15H20Br2N2/c1-10(14-5-2-11(16)8-15(14)17)18-12-6-7-19(9-12)13-3-4-13/h2,5,8,10,12-13,18H,3-4,6-7,9H2,1H3. The minimum atomic E-state index is 0.395. The van der Waals surface area contributed by atoms with Crippen molar-refractivity contribution in [3.63, 3.8) is 0 Å². The van der Waals surface area contributed by atoms with Gasteiger partial charge in [-0.1, -0.05) is 37.9 Å². The van der Waals surface area contributed by atoms with Gasteiger partial charge in [0.2, 0.25) is 0 Å². The van der Waals surface area contributed by atoms with Crippen LogP contribution in [0.5, 0.6) is 0 Å². The van der Waals surface area contributed by atoms with Gasteiger partial charge in [0.1, 0.15) is 0 Å². The van der Waals surface area contributed by atoms with Crippen LogP contribution in [-0.2, 0) is 0 Å². The fraction of sp³-hybridized carbons (Fsp3) is 0.600. The van der Waals surface area contributed by atoms with Crippen LogP contribution in [0.3, 0.4) is 0 Å². The highest BCUT2D eigenvalue weighted by molar-refractivity contribution is 9.11. The molecule has 0 amide bonds. The van der Waals surface area contributed by atoms with Crippen molar-refractivity contribution in [2.45, 2.75) is 44.3 Å². The quantitative estimate of drug-likeness (QED) is 0.836. The normalized spacial score (nSPS) is 25.7. The van der Waals surface area contributed by atoms with E-state index < -0.39 is 0 Å². The molecule has 1 heterocycles. The molecule has 0 radical (unpaired) electrons. The van der Waals surface area contributed by atoms with E-state index in [-0.39, 0.29) is 0 Å². The summed E-state index contributed by atoms with van der Waals surface area (Å²) in [5, 5.41) is 3.78. The average Bonchev–Trinajstić information content (AvgIpc) is 3.10. The zero-order chi connectivity index (χ0) is 13.4. The summed E-state index contributed by atoms with van der Waals surface area (Å²) in [6, 6.07) is 8.38. The lowest BCUT2D eigenvalue weighted by Gasteiger charge is -2.21. The van der Waals surface area contributed by atoms with E-state index in [1.165, 1.54) is 42.4 Å². The van der Waals surface area contributed by atoms with Gasteiger partial charge in [0.25, 0.3) is 0 Å². The van der Waals surface area contributed by atoms with Crippen LogP contribution >= 0.6 is 31.9 Å². The third-order valence-electron chi connectivity index (χ3n) is 4.20. The predicted molar refractivity (Wildman–Crippen MR) is 86.4 cm³/mol. The summed E-state index contributed by atoms with van der Waals surface area (Å²) in [5.41, 5.74) is 1.34. The summed E-state index contributed by atoms with van der Waals surface area (Å²) >= 11 is 7.17. The van der Waals surface area contributed by atoms with Crippen molar-refractivity contribution >= 4 is 31.9 Å². The van der Waals surface area contributed by atoms with E-state index in [1.54, 1.807) is 0 Å². The number of benzene rings is 1. The van der Waals surface area contributed by atoms with Crippen LogP contribution in [-0.4, -0.2) is 30.1 Å². The molecule has 2 fully saturated rings. The summed E-state index contributed by atoms with van der Waals surface area (Å²) in [4.78, 5) is 2.65. The maximum Gasteiger partial charge on any atom is 0.0306 e. The summed E-state index contributed by atoms with van der Waals surface area (Å²) in [6.45, 7) is 4.76. The number of rotatable bonds is 4. The number of likely N-dealkylation sites (tertiary alicyclic amines) is 1. The van der Waals surface area contributed by atoms with Crippen LogP contribution in [0.4, 0.5) is 0 Å². The SMILES string of the molecule is CC(NC1CCN(C2CC2)C1)c1ccc(Br)cc1Br. The lowest BCUT2D eigenvalue weighted by atomic mass is 10.1. The number of nitrogens with one attached hydrogen (secondary N) is 1. The van der Waals surface area contributed by atoms with Gasteiger partial charge < -0.3 is 5.32 Å². The van der Waals surface area contributed by atoms with Gasteiger partial charge in [-0.3, -0.25) is 4.90 Å². The minimum Gasteiger partial charge on any atom is -0.306 e. The second kappa shape index (κ2) is 5.84. The molecule has 0 aromatic heterocycles. The second-order valence-corrected chi connectivity index (χ2v) is 7.54. The molecular weight excluding hydrogens is 368 g/mol. The van der Waals surface area contributed by atoms with Gasteiger partial charge in [0, 0.05) is 40.2 Å². The Kier molecular flexibility index (Phi) is 4.32. The van der Waals surface area contributed by atoms with E-state index in [0.717, 1.165) is 10.5 Å². The molecule has 0 bridgehead atoms. The Hall–Kier alpha value is 0.1000. The Morgan fingerprint density at radius 1 is 1.26 bits per heavy atom. The second-order valence-electron chi connectivity index (χ2n) is 5.77. The molecule has 2 aliphatic rings. The van der Waals surface area contributed by atoms with Crippen molar-refractivity contribution in [1.29, 1.82) is 0 Å². The van der Waals surface area contributed by atoms with Crippen LogP contribution in [0.2, 0.25) is 0 Å². The van der Waals surface area contributed by atoms with Gasteiger partial charge in [0.15, 0.2) is 0 Å². The number of hydrogen-bond acceptors (Lipinski definition) is 2. The summed E-state index contributed by atoms with van der Waals surface area (Å²) in [5.74, 6) is 0. The van der Waals surface area contributed by atoms with Crippen LogP contribution in [0, 0.1) is 0 Å². The Morgan fingerprint density at radius 2 is 2.05 bits per heavy atom. The van der Waals surface area contributed by atoms with Crippen molar-refractivity contribution in [2.75, 3.05) is 13.1 Å². The molecular formula is C15H20Br2N2. The highest BCUT2D eigenvalue weighted by Crippen LogP contribution is 2.31. The zero-order valence-electron chi connectivity index (χ0n) is 11.2. The minimum absolute atomic E-state index is 0.395. The Bertz CT molecular complexity index is 459. The van der Waals surface area contributed by atoms with E-state index in [0.29, 0.717) is 12.1 Å².